The van der Waals surface area contributed by atoms with Crippen LogP contribution >= 0.6 is 11.6 Å². The first-order valence-electron chi connectivity index (χ1n) is 12.5. The van der Waals surface area contributed by atoms with E-state index in [1.165, 1.54) is 0 Å². The van der Waals surface area contributed by atoms with Gasteiger partial charge in [-0.1, -0.05) is 17.7 Å². The first-order valence-corrected chi connectivity index (χ1v) is 12.9. The Morgan fingerprint density at radius 2 is 2.08 bits per heavy atom. The van der Waals surface area contributed by atoms with Crippen LogP contribution in [0.1, 0.15) is 41.7 Å². The van der Waals surface area contributed by atoms with Gasteiger partial charge in [0.15, 0.2) is 11.5 Å². The number of pyridine rings is 2. The Bertz CT molecular complexity index is 1480. The number of nitrogens with zero attached hydrogens (tertiary/aromatic N) is 2. The molecule has 2 N–H and O–H groups in total. The Balaban J connectivity index is 1.48. The molecular weight excluding hydrogens is 492 g/mol. The van der Waals surface area contributed by atoms with E-state index in [1.807, 2.05) is 30.3 Å². The van der Waals surface area contributed by atoms with E-state index in [0.29, 0.717) is 52.1 Å². The first kappa shape index (κ1) is 23.8. The summed E-state index contributed by atoms with van der Waals surface area (Å²) in [7, 11) is 1.57. The lowest BCUT2D eigenvalue weighted by Gasteiger charge is -2.22. The van der Waals surface area contributed by atoms with E-state index in [-0.39, 0.29) is 11.9 Å². The number of hydrogen-bond acceptors (Lipinski definition) is 7. The summed E-state index contributed by atoms with van der Waals surface area (Å²) in [6.45, 7) is 1.32. The number of aryl methyl sites for hydroxylation is 1. The Hall–Kier alpha value is -3.62. The molecule has 1 saturated heterocycles. The molecule has 6 rings (SSSR count). The average Bonchev–Trinajstić information content (AvgIpc) is 3.28. The number of halogens is 1. The molecule has 9 heteroatoms. The average molecular weight is 519 g/mol. The molecule has 0 bridgehead atoms. The van der Waals surface area contributed by atoms with Gasteiger partial charge in [-0.2, -0.15) is 0 Å². The van der Waals surface area contributed by atoms with Gasteiger partial charge in [0.1, 0.15) is 11.6 Å². The second-order valence-electron chi connectivity index (χ2n) is 9.28. The monoisotopic (exact) mass is 518 g/mol. The number of ether oxygens (including phenoxy) is 3. The van der Waals surface area contributed by atoms with Crippen LogP contribution in [0.5, 0.6) is 11.6 Å². The topological polar surface area (TPSA) is 98.4 Å². The highest BCUT2D eigenvalue weighted by molar-refractivity contribution is 6.32. The van der Waals surface area contributed by atoms with E-state index in [1.54, 1.807) is 19.4 Å². The van der Waals surface area contributed by atoms with Crippen LogP contribution in [0, 0.1) is 0 Å². The Kier molecular flexibility index (Phi) is 6.44. The maximum absolute atomic E-state index is 13.1. The van der Waals surface area contributed by atoms with E-state index in [9.17, 15) is 4.79 Å². The third kappa shape index (κ3) is 4.51. The largest absolute Gasteiger partial charge is 0.493 e. The number of carbonyl (C=O) groups is 1. The molecule has 0 radical (unpaired) electrons. The molecule has 0 saturated carbocycles. The maximum Gasteiger partial charge on any atom is 0.214 e. The Labute approximate surface area is 219 Å². The van der Waals surface area contributed by atoms with E-state index >= 15 is 0 Å². The van der Waals surface area contributed by atoms with E-state index < -0.39 is 0 Å². The molecule has 3 aromatic heterocycles. The predicted molar refractivity (Wildman–Crippen MR) is 142 cm³/mol. The van der Waals surface area contributed by atoms with Gasteiger partial charge in [-0.15, -0.1) is 0 Å². The van der Waals surface area contributed by atoms with E-state index in [2.05, 4.69) is 15.3 Å². The van der Waals surface area contributed by atoms with E-state index in [4.69, 9.17) is 30.8 Å². The van der Waals surface area contributed by atoms with Gasteiger partial charge < -0.3 is 24.5 Å². The zero-order chi connectivity index (χ0) is 25.4. The zero-order valence-corrected chi connectivity index (χ0v) is 21.2. The van der Waals surface area contributed by atoms with Gasteiger partial charge >= 0.3 is 0 Å². The molecule has 1 aromatic carbocycles. The highest BCUT2D eigenvalue weighted by Crippen LogP contribution is 2.43. The molecule has 0 amide bonds. The molecule has 4 aromatic rings. The van der Waals surface area contributed by atoms with Crippen molar-refractivity contribution in [3.05, 3.63) is 58.9 Å². The van der Waals surface area contributed by atoms with Crippen molar-refractivity contribution in [2.24, 2.45) is 0 Å². The van der Waals surface area contributed by atoms with Crippen LogP contribution in [0.3, 0.4) is 0 Å². The Morgan fingerprint density at radius 3 is 2.92 bits per heavy atom. The SMILES string of the molecule is COc1c(Cl)cccc1Nc1c(-c2ccnc3ccc(O[C@@H]4CCCOC4)nc23)[nH]c2c1C(=O)CCC2. The van der Waals surface area contributed by atoms with Crippen molar-refractivity contribution in [1.82, 2.24) is 15.0 Å². The summed E-state index contributed by atoms with van der Waals surface area (Å²) in [5.74, 6) is 1.13. The summed E-state index contributed by atoms with van der Waals surface area (Å²) in [6.07, 6.45) is 5.72. The number of anilines is 2. The number of benzene rings is 1. The summed E-state index contributed by atoms with van der Waals surface area (Å²) in [4.78, 5) is 26.0. The molecule has 2 aliphatic rings. The number of fused-ring (bicyclic) bond motifs is 2. The van der Waals surface area contributed by atoms with Crippen molar-refractivity contribution < 1.29 is 19.0 Å². The van der Waals surface area contributed by atoms with Crippen molar-refractivity contribution in [3.8, 4) is 22.9 Å². The third-order valence-corrected chi connectivity index (χ3v) is 7.15. The van der Waals surface area contributed by atoms with Crippen LogP contribution in [0.4, 0.5) is 11.4 Å². The number of hydrogen-bond donors (Lipinski definition) is 2. The molecule has 0 spiro atoms. The quantitative estimate of drug-likeness (QED) is 0.318. The fourth-order valence-corrected chi connectivity index (χ4v) is 5.38. The highest BCUT2D eigenvalue weighted by Gasteiger charge is 2.29. The minimum absolute atomic E-state index is 0.0261. The summed E-state index contributed by atoms with van der Waals surface area (Å²) in [5.41, 5.74) is 5.93. The Morgan fingerprint density at radius 1 is 1.16 bits per heavy atom. The number of ketones is 1. The van der Waals surface area contributed by atoms with Gasteiger partial charge in [0, 0.05) is 36.5 Å². The fraction of sp³-hybridized carbons (Fsp3) is 0.321. The third-order valence-electron chi connectivity index (χ3n) is 6.85. The van der Waals surface area contributed by atoms with E-state index in [0.717, 1.165) is 54.8 Å². The lowest BCUT2D eigenvalue weighted by Crippen LogP contribution is -2.28. The molecule has 1 fully saturated rings. The summed E-state index contributed by atoms with van der Waals surface area (Å²) < 4.78 is 17.3. The molecule has 1 atom stereocenters. The number of H-pyrrole nitrogens is 1. The molecule has 37 heavy (non-hydrogen) atoms. The van der Waals surface area contributed by atoms with Gasteiger partial charge in [-0.25, -0.2) is 4.98 Å². The number of rotatable bonds is 6. The first-order chi connectivity index (χ1) is 18.1. The standard InChI is InChI=1S/C28H27ClN4O4/c1-35-28-18(29)6-2-8-21(28)32-27-24-19(7-3-9-22(24)34)31-26(27)17-12-13-30-20-10-11-23(33-25(17)20)37-16-5-4-14-36-15-16/h2,6,8,10-13,16,31-32H,3-5,7,9,14-15H2,1H3/t16-/m1/s1. The summed E-state index contributed by atoms with van der Waals surface area (Å²) in [6, 6.07) is 11.1. The van der Waals surface area contributed by atoms with Crippen molar-refractivity contribution >= 4 is 39.8 Å². The molecular formula is C28H27ClN4O4. The summed E-state index contributed by atoms with van der Waals surface area (Å²) >= 11 is 6.39. The minimum atomic E-state index is -0.0261. The molecule has 190 valence electrons. The highest BCUT2D eigenvalue weighted by atomic mass is 35.5. The number of para-hydroxylation sites is 1. The van der Waals surface area contributed by atoms with Gasteiger partial charge in [0.05, 0.1) is 46.9 Å². The minimum Gasteiger partial charge on any atom is -0.493 e. The number of aromatic nitrogens is 3. The predicted octanol–water partition coefficient (Wildman–Crippen LogP) is 6.11. The number of aromatic amines is 1. The lowest BCUT2D eigenvalue weighted by atomic mass is 9.94. The van der Waals surface area contributed by atoms with Crippen LogP contribution in [-0.4, -0.2) is 47.2 Å². The lowest BCUT2D eigenvalue weighted by molar-refractivity contribution is 0.00564. The van der Waals surface area contributed by atoms with Crippen LogP contribution in [-0.2, 0) is 11.2 Å². The zero-order valence-electron chi connectivity index (χ0n) is 20.5. The number of methoxy groups -OCH3 is 1. The maximum atomic E-state index is 13.1. The number of Topliss-reactive ketones (excluding diaryl/α,β-unsaturated/α-hetero) is 1. The van der Waals surface area contributed by atoms with Crippen molar-refractivity contribution in [2.75, 3.05) is 25.6 Å². The van der Waals surface area contributed by atoms with Crippen molar-refractivity contribution in [2.45, 2.75) is 38.2 Å². The molecule has 1 aliphatic carbocycles. The van der Waals surface area contributed by atoms with Crippen LogP contribution in [0.2, 0.25) is 5.02 Å². The normalized spacial score (nSPS) is 17.5. The number of carbonyl (C=O) groups excluding carboxylic acids is 1. The van der Waals surface area contributed by atoms with Crippen LogP contribution in [0.15, 0.2) is 42.6 Å². The van der Waals surface area contributed by atoms with Gasteiger partial charge in [0.25, 0.3) is 0 Å². The van der Waals surface area contributed by atoms with Gasteiger partial charge in [-0.05, 0) is 49.9 Å². The van der Waals surface area contributed by atoms with Crippen LogP contribution < -0.4 is 14.8 Å². The van der Waals surface area contributed by atoms with Gasteiger partial charge in [-0.3, -0.25) is 9.78 Å². The molecule has 8 nitrogen and oxygen atoms in total. The molecule has 1 aliphatic heterocycles. The second-order valence-corrected chi connectivity index (χ2v) is 9.69. The smallest absolute Gasteiger partial charge is 0.214 e. The van der Waals surface area contributed by atoms with Crippen molar-refractivity contribution in [3.63, 3.8) is 0 Å². The summed E-state index contributed by atoms with van der Waals surface area (Å²) in [5, 5.41) is 3.94. The van der Waals surface area contributed by atoms with Crippen molar-refractivity contribution in [1.29, 1.82) is 0 Å². The number of nitrogens with one attached hydrogen (secondary N) is 2. The molecule has 4 heterocycles. The van der Waals surface area contributed by atoms with Crippen LogP contribution in [0.25, 0.3) is 22.3 Å². The second kappa shape index (κ2) is 10.0. The molecule has 0 unspecified atom stereocenters. The fourth-order valence-electron chi connectivity index (χ4n) is 5.12. The van der Waals surface area contributed by atoms with Gasteiger partial charge in [0.2, 0.25) is 5.88 Å².